The van der Waals surface area contributed by atoms with Crippen molar-refractivity contribution in [3.8, 4) is 5.75 Å². The summed E-state index contributed by atoms with van der Waals surface area (Å²) < 4.78 is 16.8. The summed E-state index contributed by atoms with van der Waals surface area (Å²) >= 11 is 0. The second-order valence-corrected chi connectivity index (χ2v) is 6.52. The number of aromatic nitrogens is 1. The van der Waals surface area contributed by atoms with Crippen molar-refractivity contribution in [2.24, 2.45) is 0 Å². The highest BCUT2D eigenvalue weighted by Gasteiger charge is 2.47. The van der Waals surface area contributed by atoms with Crippen LogP contribution in [0.3, 0.4) is 0 Å². The molecule has 2 aliphatic rings. The number of pyridine rings is 1. The molecule has 0 radical (unpaired) electrons. The van der Waals surface area contributed by atoms with E-state index in [0.717, 1.165) is 31.4 Å². The number of nitrogens with one attached hydrogen (secondary N) is 1. The summed E-state index contributed by atoms with van der Waals surface area (Å²) in [6.07, 6.45) is 12.3. The van der Waals surface area contributed by atoms with Gasteiger partial charge in [-0.05, 0) is 19.4 Å². The predicted octanol–water partition coefficient (Wildman–Crippen LogP) is 1.93. The van der Waals surface area contributed by atoms with E-state index in [1.807, 2.05) is 6.08 Å². The summed E-state index contributed by atoms with van der Waals surface area (Å²) in [5.41, 5.74) is 0.640. The van der Waals surface area contributed by atoms with E-state index >= 15 is 0 Å². The minimum absolute atomic E-state index is 0.150. The zero-order chi connectivity index (χ0) is 19.8. The fourth-order valence-corrected chi connectivity index (χ4v) is 3.05. The van der Waals surface area contributed by atoms with Gasteiger partial charge in [0.25, 0.3) is 0 Å². The highest BCUT2D eigenvalue weighted by Crippen LogP contribution is 2.31. The van der Waals surface area contributed by atoms with Gasteiger partial charge in [0.2, 0.25) is 0 Å². The maximum Gasteiger partial charge on any atom is 0.356 e. The molecule has 3 heterocycles. The Hall–Kier alpha value is -2.87. The second kappa shape index (κ2) is 9.36. The number of hydrogen-bond acceptors (Lipinski definition) is 8. The number of carbonyl (C=O) groups excluding carboxylic acids is 2. The molecule has 0 atom stereocenters. The van der Waals surface area contributed by atoms with Crippen LogP contribution in [0.5, 0.6) is 5.75 Å². The molecule has 1 N–H and O–H groups in total. The molecule has 1 saturated heterocycles. The molecule has 150 valence electrons. The molecule has 0 unspecified atom stereocenters. The van der Waals surface area contributed by atoms with Gasteiger partial charge in [-0.3, -0.25) is 9.88 Å². The van der Waals surface area contributed by atoms with E-state index in [1.165, 1.54) is 0 Å². The van der Waals surface area contributed by atoms with Crippen molar-refractivity contribution >= 4 is 17.6 Å². The Labute approximate surface area is 164 Å². The number of rotatable bonds is 6. The average molecular weight is 387 g/mol. The molecule has 8 heteroatoms. The van der Waals surface area contributed by atoms with Crippen LogP contribution in [0, 0.1) is 0 Å². The third kappa shape index (κ3) is 4.89. The number of allylic oxidation sites excluding steroid dienone is 1. The third-order valence-corrected chi connectivity index (χ3v) is 4.35. The first kappa shape index (κ1) is 19.9. The number of unbranched alkanes of at least 4 members (excludes halogenated alkanes) is 1. The summed E-state index contributed by atoms with van der Waals surface area (Å²) in [6.45, 7) is 3.91. The summed E-state index contributed by atoms with van der Waals surface area (Å²) in [5.74, 6) is -2.27. The molecule has 0 amide bonds. The van der Waals surface area contributed by atoms with Crippen LogP contribution in [0.15, 0.2) is 42.8 Å². The smallest absolute Gasteiger partial charge is 0.356 e. The molecule has 3 rings (SSSR count). The maximum atomic E-state index is 12.0. The van der Waals surface area contributed by atoms with Gasteiger partial charge in [-0.25, -0.2) is 9.59 Å². The Morgan fingerprint density at radius 3 is 2.79 bits per heavy atom. The molecule has 1 spiro atoms. The number of esters is 2. The second-order valence-electron chi connectivity index (χ2n) is 6.52. The molecule has 1 aromatic heterocycles. The molecular formula is C20H25N3O5. The predicted molar refractivity (Wildman–Crippen MR) is 103 cm³/mol. The molecule has 0 aliphatic carbocycles. The largest absolute Gasteiger partial charge is 0.488 e. The van der Waals surface area contributed by atoms with Crippen molar-refractivity contribution in [3.63, 3.8) is 0 Å². The topological polar surface area (TPSA) is 90.0 Å². The van der Waals surface area contributed by atoms with Gasteiger partial charge in [0, 0.05) is 24.8 Å². The van der Waals surface area contributed by atoms with Crippen LogP contribution in [0.2, 0.25) is 0 Å². The SMILES string of the molecule is CCC/C=C/COc1cncc(N2CCCNCC23OC(=O)C=CC(=O)O3)c1. The quantitative estimate of drug-likeness (QED) is 0.585. The summed E-state index contributed by atoms with van der Waals surface area (Å²) in [4.78, 5) is 30.1. The molecule has 2 aliphatic heterocycles. The molecule has 1 fully saturated rings. The average Bonchev–Trinajstić information content (AvgIpc) is 2.97. The minimum atomic E-state index is -1.57. The van der Waals surface area contributed by atoms with Gasteiger partial charge >= 0.3 is 17.8 Å². The molecule has 0 aromatic carbocycles. The van der Waals surface area contributed by atoms with E-state index in [-0.39, 0.29) is 6.54 Å². The van der Waals surface area contributed by atoms with E-state index in [1.54, 1.807) is 23.4 Å². The Kier molecular flexibility index (Phi) is 6.65. The van der Waals surface area contributed by atoms with Crippen LogP contribution in [0.1, 0.15) is 26.2 Å². The first-order valence-electron chi connectivity index (χ1n) is 9.48. The van der Waals surface area contributed by atoms with E-state index in [9.17, 15) is 9.59 Å². The fourth-order valence-electron chi connectivity index (χ4n) is 3.05. The Balaban J connectivity index is 1.83. The van der Waals surface area contributed by atoms with Crippen LogP contribution in [-0.4, -0.2) is 49.1 Å². The summed E-state index contributed by atoms with van der Waals surface area (Å²) in [5, 5.41) is 3.16. The first-order chi connectivity index (χ1) is 13.6. The monoisotopic (exact) mass is 387 g/mol. The summed E-state index contributed by atoms with van der Waals surface area (Å²) in [6, 6.07) is 1.80. The number of carbonyl (C=O) groups is 2. The third-order valence-electron chi connectivity index (χ3n) is 4.35. The minimum Gasteiger partial charge on any atom is -0.488 e. The molecule has 0 saturated carbocycles. The van der Waals surface area contributed by atoms with E-state index < -0.39 is 17.8 Å². The highest BCUT2D eigenvalue weighted by molar-refractivity contribution is 5.93. The van der Waals surface area contributed by atoms with Crippen molar-refractivity contribution < 1.29 is 23.8 Å². The lowest BCUT2D eigenvalue weighted by atomic mass is 10.2. The zero-order valence-corrected chi connectivity index (χ0v) is 15.9. The van der Waals surface area contributed by atoms with Gasteiger partial charge in [-0.2, -0.15) is 0 Å². The van der Waals surface area contributed by atoms with Crippen LogP contribution < -0.4 is 15.0 Å². The van der Waals surface area contributed by atoms with Gasteiger partial charge in [0.1, 0.15) is 12.4 Å². The van der Waals surface area contributed by atoms with E-state index in [2.05, 4.69) is 23.3 Å². The van der Waals surface area contributed by atoms with Gasteiger partial charge in [-0.15, -0.1) is 0 Å². The first-order valence-corrected chi connectivity index (χ1v) is 9.48. The molecule has 0 bridgehead atoms. The van der Waals surface area contributed by atoms with Gasteiger partial charge in [0.15, 0.2) is 0 Å². The highest BCUT2D eigenvalue weighted by atomic mass is 16.8. The number of ether oxygens (including phenoxy) is 3. The van der Waals surface area contributed by atoms with Gasteiger partial charge in [-0.1, -0.05) is 25.5 Å². The van der Waals surface area contributed by atoms with Crippen LogP contribution in [-0.2, 0) is 19.1 Å². The number of nitrogens with zero attached hydrogens (tertiary/aromatic N) is 2. The van der Waals surface area contributed by atoms with Crippen LogP contribution in [0.4, 0.5) is 5.69 Å². The Morgan fingerprint density at radius 2 is 2.04 bits per heavy atom. The van der Waals surface area contributed by atoms with Gasteiger partial charge in [0.05, 0.1) is 24.6 Å². The normalized spacial score (nSPS) is 19.2. The van der Waals surface area contributed by atoms with E-state index in [4.69, 9.17) is 14.2 Å². The molecule has 8 nitrogen and oxygen atoms in total. The number of hydrogen-bond donors (Lipinski definition) is 1. The molecule has 1 aromatic rings. The molecular weight excluding hydrogens is 362 g/mol. The fraction of sp³-hybridized carbons (Fsp3) is 0.450. The lowest BCUT2D eigenvalue weighted by Gasteiger charge is -2.40. The van der Waals surface area contributed by atoms with Crippen molar-refractivity contribution in [2.75, 3.05) is 31.1 Å². The van der Waals surface area contributed by atoms with Crippen LogP contribution >= 0.6 is 0 Å². The number of anilines is 1. The lowest BCUT2D eigenvalue weighted by molar-refractivity contribution is -0.217. The maximum absolute atomic E-state index is 12.0. The lowest BCUT2D eigenvalue weighted by Crippen LogP contribution is -2.58. The van der Waals surface area contributed by atoms with Crippen molar-refractivity contribution in [2.45, 2.75) is 32.1 Å². The van der Waals surface area contributed by atoms with Crippen molar-refractivity contribution in [1.82, 2.24) is 10.3 Å². The van der Waals surface area contributed by atoms with Gasteiger partial charge < -0.3 is 19.5 Å². The van der Waals surface area contributed by atoms with E-state index in [0.29, 0.717) is 31.1 Å². The molecule has 28 heavy (non-hydrogen) atoms. The van der Waals surface area contributed by atoms with Crippen LogP contribution in [0.25, 0.3) is 0 Å². The summed E-state index contributed by atoms with van der Waals surface area (Å²) in [7, 11) is 0. The van der Waals surface area contributed by atoms with Crippen molar-refractivity contribution in [1.29, 1.82) is 0 Å². The zero-order valence-electron chi connectivity index (χ0n) is 15.9. The van der Waals surface area contributed by atoms with Crippen molar-refractivity contribution in [3.05, 3.63) is 42.8 Å². The Morgan fingerprint density at radius 1 is 1.25 bits per heavy atom. The Bertz CT molecular complexity index is 742. The standard InChI is InChI=1S/C20H25N3O5/c1-2-3-4-5-11-26-17-12-16(13-22-14-17)23-10-6-9-21-15-20(23)27-18(24)7-8-19(25)28-20/h4-5,7-8,12-14,21H,2-3,6,9-11,15H2,1H3/b5-4+.